The van der Waals surface area contributed by atoms with Gasteiger partial charge in [-0.05, 0) is 12.8 Å². The zero-order valence-electron chi connectivity index (χ0n) is 15.6. The number of carbonyl (C=O) groups excluding carboxylic acids is 1. The number of carboxylic acids is 1. The Hall–Kier alpha value is -1.90. The molecule has 4 nitrogen and oxygen atoms in total. The minimum atomic E-state index is -7.71. The molecule has 2 atom stereocenters. The molecular formula is C15H16F12O4. The van der Waals surface area contributed by atoms with E-state index in [0.29, 0.717) is 0 Å². The smallest absolute Gasteiger partial charge is 0.384 e. The highest BCUT2D eigenvalue weighted by molar-refractivity contribution is 5.74. The van der Waals surface area contributed by atoms with Gasteiger partial charge in [0.05, 0.1) is 11.8 Å². The van der Waals surface area contributed by atoms with Crippen molar-refractivity contribution in [3.05, 3.63) is 0 Å². The Labute approximate surface area is 166 Å². The largest absolute Gasteiger partial charge is 0.481 e. The van der Waals surface area contributed by atoms with Crippen molar-refractivity contribution < 1.29 is 72.1 Å². The van der Waals surface area contributed by atoms with Gasteiger partial charge >= 0.3 is 48.0 Å². The van der Waals surface area contributed by atoms with Crippen LogP contribution in [0.25, 0.3) is 0 Å². The zero-order chi connectivity index (χ0) is 25.2. The first kappa shape index (κ1) is 29.1. The third-order valence-corrected chi connectivity index (χ3v) is 4.22. The number of ether oxygens (including phenoxy) is 1. The van der Waals surface area contributed by atoms with Crippen LogP contribution in [0.1, 0.15) is 26.7 Å². The molecule has 1 N–H and O–H groups in total. The van der Waals surface area contributed by atoms with Gasteiger partial charge in [-0.3, -0.25) is 9.59 Å². The molecule has 0 aliphatic carbocycles. The van der Waals surface area contributed by atoms with Crippen molar-refractivity contribution in [1.82, 2.24) is 0 Å². The molecule has 0 radical (unpaired) electrons. The van der Waals surface area contributed by atoms with Gasteiger partial charge < -0.3 is 9.84 Å². The molecule has 0 fully saturated rings. The Morgan fingerprint density at radius 1 is 0.871 bits per heavy atom. The number of carboxylic acid groups (broad SMARTS) is 1. The van der Waals surface area contributed by atoms with Gasteiger partial charge in [0.25, 0.3) is 0 Å². The van der Waals surface area contributed by atoms with Gasteiger partial charge in [0.2, 0.25) is 0 Å². The predicted molar refractivity (Wildman–Crippen MR) is 76.9 cm³/mol. The first-order valence-corrected chi connectivity index (χ1v) is 8.18. The van der Waals surface area contributed by atoms with Crippen LogP contribution < -0.4 is 0 Å². The molecule has 0 aromatic carbocycles. The van der Waals surface area contributed by atoms with E-state index in [0.717, 1.165) is 6.92 Å². The van der Waals surface area contributed by atoms with Crippen LogP contribution in [0.5, 0.6) is 0 Å². The summed E-state index contributed by atoms with van der Waals surface area (Å²) >= 11 is 0. The lowest BCUT2D eigenvalue weighted by Crippen LogP contribution is -2.69. The molecule has 184 valence electrons. The zero-order valence-corrected chi connectivity index (χ0v) is 15.6. The van der Waals surface area contributed by atoms with Crippen LogP contribution in [0.15, 0.2) is 0 Å². The molecule has 0 aromatic rings. The van der Waals surface area contributed by atoms with E-state index in [-0.39, 0.29) is 6.42 Å². The fourth-order valence-electron chi connectivity index (χ4n) is 2.10. The lowest BCUT2D eigenvalue weighted by Gasteiger charge is -2.39. The first-order chi connectivity index (χ1) is 13.6. The molecule has 0 saturated carbocycles. The molecule has 2 unspecified atom stereocenters. The summed E-state index contributed by atoms with van der Waals surface area (Å²) < 4.78 is 160. The van der Waals surface area contributed by atoms with Crippen LogP contribution in [0.2, 0.25) is 0 Å². The van der Waals surface area contributed by atoms with E-state index in [4.69, 9.17) is 5.11 Å². The van der Waals surface area contributed by atoms with Gasteiger partial charge in [-0.1, -0.05) is 13.8 Å². The van der Waals surface area contributed by atoms with Crippen LogP contribution >= 0.6 is 0 Å². The van der Waals surface area contributed by atoms with Gasteiger partial charge in [-0.15, -0.1) is 0 Å². The van der Waals surface area contributed by atoms with E-state index in [1.165, 1.54) is 6.92 Å². The van der Waals surface area contributed by atoms with Crippen molar-refractivity contribution in [3.8, 4) is 0 Å². The van der Waals surface area contributed by atoms with E-state index in [1.54, 1.807) is 0 Å². The van der Waals surface area contributed by atoms with Gasteiger partial charge in [0, 0.05) is 0 Å². The maximum absolute atomic E-state index is 13.6. The molecular weight excluding hydrogens is 472 g/mol. The average Bonchev–Trinajstić information content (AvgIpc) is 2.62. The van der Waals surface area contributed by atoms with Crippen molar-refractivity contribution in [2.75, 3.05) is 6.61 Å². The van der Waals surface area contributed by atoms with Crippen molar-refractivity contribution in [2.24, 2.45) is 11.8 Å². The third-order valence-electron chi connectivity index (χ3n) is 4.22. The maximum Gasteiger partial charge on any atom is 0.384 e. The van der Waals surface area contributed by atoms with Gasteiger partial charge in [-0.2, -0.15) is 43.9 Å². The van der Waals surface area contributed by atoms with E-state index in [1.807, 2.05) is 0 Å². The normalized spacial score (nSPS) is 16.2. The maximum atomic E-state index is 13.6. The van der Waals surface area contributed by atoms with Crippen LogP contribution in [0.3, 0.4) is 0 Å². The quantitative estimate of drug-likeness (QED) is 0.307. The summed E-state index contributed by atoms with van der Waals surface area (Å²) in [6, 6.07) is 0. The molecule has 16 heteroatoms. The molecule has 0 rings (SSSR count). The molecule has 0 spiro atoms. The van der Waals surface area contributed by atoms with Crippen molar-refractivity contribution in [1.29, 1.82) is 0 Å². The number of esters is 1. The van der Waals surface area contributed by atoms with Gasteiger partial charge in [0.15, 0.2) is 6.61 Å². The molecule has 0 heterocycles. The van der Waals surface area contributed by atoms with Gasteiger partial charge in [0.1, 0.15) is 0 Å². The molecule has 31 heavy (non-hydrogen) atoms. The topological polar surface area (TPSA) is 63.6 Å². The number of alkyl halides is 12. The number of hydrogen-bond acceptors (Lipinski definition) is 3. The van der Waals surface area contributed by atoms with E-state index in [2.05, 4.69) is 4.74 Å². The second-order valence-electron chi connectivity index (χ2n) is 6.54. The second kappa shape index (κ2) is 9.30. The molecule has 0 aromatic heterocycles. The minimum Gasteiger partial charge on any atom is -0.481 e. The number of aliphatic carboxylic acids is 1. The summed E-state index contributed by atoms with van der Waals surface area (Å²) in [5, 5.41) is 8.70. The lowest BCUT2D eigenvalue weighted by molar-refractivity contribution is -0.414. The van der Waals surface area contributed by atoms with Crippen LogP contribution in [-0.4, -0.2) is 59.7 Å². The predicted octanol–water partition coefficient (Wildman–Crippen LogP) is 5.11. The van der Waals surface area contributed by atoms with Crippen molar-refractivity contribution in [3.63, 3.8) is 0 Å². The summed E-state index contributed by atoms with van der Waals surface area (Å²) in [4.78, 5) is 22.4. The molecule has 0 aliphatic rings. The summed E-state index contributed by atoms with van der Waals surface area (Å²) in [5.74, 6) is -42.3. The lowest BCUT2D eigenvalue weighted by atomic mass is 9.93. The summed E-state index contributed by atoms with van der Waals surface area (Å²) in [7, 11) is 0. The minimum absolute atomic E-state index is 0.298. The summed E-state index contributed by atoms with van der Waals surface area (Å²) in [5.41, 5.74) is 0. The number of halogens is 12. The van der Waals surface area contributed by atoms with Crippen LogP contribution in [0.4, 0.5) is 52.7 Å². The monoisotopic (exact) mass is 488 g/mol. The number of hydrogen-bond donors (Lipinski definition) is 1. The summed E-state index contributed by atoms with van der Waals surface area (Å²) in [6.45, 7) is -0.746. The molecule has 0 aliphatic heterocycles. The Morgan fingerprint density at radius 3 is 1.68 bits per heavy atom. The highest BCUT2D eigenvalue weighted by atomic mass is 19.4. The number of carbonyl (C=O) groups is 2. The standard InChI is InChI=1S/C15H16F12O4/c1-3-7(4-6(2)8(28)29)9(30)31-5-11(18,19)13(22,23)15(26,27)14(24,25)12(20,21)10(16)17/h6-7,10H,3-5H2,1-2H3,(H,28,29). The van der Waals surface area contributed by atoms with Crippen LogP contribution in [0, 0.1) is 11.8 Å². The van der Waals surface area contributed by atoms with Crippen LogP contribution in [-0.2, 0) is 14.3 Å². The fraction of sp³-hybridized carbons (Fsp3) is 0.867. The SMILES string of the molecule is CCC(CC(C)C(=O)O)C(=O)OCC(F)(F)C(F)(F)C(F)(F)C(F)(F)C(F)(F)C(F)F. The number of rotatable bonds is 12. The Morgan fingerprint density at radius 2 is 1.32 bits per heavy atom. The van der Waals surface area contributed by atoms with Gasteiger partial charge in [-0.25, -0.2) is 8.78 Å². The fourth-order valence-corrected chi connectivity index (χ4v) is 2.10. The Balaban J connectivity index is 5.70. The summed E-state index contributed by atoms with van der Waals surface area (Å²) in [6.07, 6.45) is -6.48. The van der Waals surface area contributed by atoms with E-state index < -0.39 is 72.8 Å². The molecule has 0 amide bonds. The molecule has 0 saturated heterocycles. The van der Waals surface area contributed by atoms with Crippen molar-refractivity contribution >= 4 is 11.9 Å². The second-order valence-corrected chi connectivity index (χ2v) is 6.54. The average molecular weight is 488 g/mol. The van der Waals surface area contributed by atoms with E-state index in [9.17, 15) is 62.3 Å². The third kappa shape index (κ3) is 5.30. The van der Waals surface area contributed by atoms with E-state index >= 15 is 0 Å². The highest BCUT2D eigenvalue weighted by Crippen LogP contribution is 2.58. The molecule has 0 bridgehead atoms. The Bertz CT molecular complexity index is 650. The Kier molecular flexibility index (Phi) is 8.73. The highest BCUT2D eigenvalue weighted by Gasteiger charge is 2.87. The van der Waals surface area contributed by atoms with Crippen molar-refractivity contribution in [2.45, 2.75) is 62.7 Å². The first-order valence-electron chi connectivity index (χ1n) is 8.18.